The smallest absolute Gasteiger partial charge is 0.243 e. The van der Waals surface area contributed by atoms with Crippen LogP contribution in [0.2, 0.25) is 0 Å². The molecule has 1 aromatic heterocycles. The number of sulfonamides is 1. The fourth-order valence-electron chi connectivity index (χ4n) is 4.15. The van der Waals surface area contributed by atoms with Crippen molar-refractivity contribution < 1.29 is 27.1 Å². The molecule has 0 aliphatic rings. The highest BCUT2D eigenvalue weighted by atomic mass is 32.2. The third-order valence-electron chi connectivity index (χ3n) is 6.54. The van der Waals surface area contributed by atoms with Crippen LogP contribution in [0.3, 0.4) is 0 Å². The molecule has 0 saturated heterocycles. The monoisotopic (exact) mass is 556 g/mol. The van der Waals surface area contributed by atoms with Gasteiger partial charge in [0.1, 0.15) is 11.5 Å². The van der Waals surface area contributed by atoms with Crippen LogP contribution in [0, 0.1) is 19.8 Å². The Morgan fingerprint density at radius 3 is 2.21 bits per heavy atom. The van der Waals surface area contributed by atoms with Crippen LogP contribution in [0.1, 0.15) is 42.9 Å². The Labute approximate surface area is 232 Å². The lowest BCUT2D eigenvalue weighted by Gasteiger charge is -2.27. The zero-order valence-electron chi connectivity index (χ0n) is 23.8. The van der Waals surface area contributed by atoms with Crippen molar-refractivity contribution >= 4 is 15.9 Å². The number of amides is 1. The molecule has 0 bridgehead atoms. The molecule has 2 aromatic carbocycles. The van der Waals surface area contributed by atoms with E-state index in [2.05, 4.69) is 0 Å². The Balaban J connectivity index is 1.85. The molecule has 3 rings (SSSR count). The first-order chi connectivity index (χ1) is 18.5. The van der Waals surface area contributed by atoms with E-state index in [0.717, 1.165) is 16.9 Å². The summed E-state index contributed by atoms with van der Waals surface area (Å²) in [5.74, 6) is 2.62. The minimum Gasteiger partial charge on any atom is -0.493 e. The number of carbonyl (C=O) groups is 1. The number of hydrogen-bond acceptors (Lipinski definition) is 6. The molecular formula is C30H40N2O6S. The van der Waals surface area contributed by atoms with E-state index in [-0.39, 0.29) is 36.4 Å². The number of carbonyl (C=O) groups excluding carboxylic acids is 1. The zero-order chi connectivity index (χ0) is 28.6. The second kappa shape index (κ2) is 13.7. The quantitative estimate of drug-likeness (QED) is 0.270. The molecule has 0 atom stereocenters. The van der Waals surface area contributed by atoms with Gasteiger partial charge < -0.3 is 18.8 Å². The van der Waals surface area contributed by atoms with Gasteiger partial charge in [0, 0.05) is 13.1 Å². The summed E-state index contributed by atoms with van der Waals surface area (Å²) in [7, 11) is -0.700. The fourth-order valence-corrected chi connectivity index (χ4v) is 5.55. The molecule has 39 heavy (non-hydrogen) atoms. The van der Waals surface area contributed by atoms with Gasteiger partial charge in [-0.2, -0.15) is 4.31 Å². The van der Waals surface area contributed by atoms with E-state index >= 15 is 0 Å². The van der Waals surface area contributed by atoms with Crippen molar-refractivity contribution in [2.24, 2.45) is 5.92 Å². The Morgan fingerprint density at radius 1 is 0.923 bits per heavy atom. The minimum absolute atomic E-state index is 0.184. The van der Waals surface area contributed by atoms with Crippen LogP contribution in [0.5, 0.6) is 11.5 Å². The van der Waals surface area contributed by atoms with Crippen LogP contribution < -0.4 is 9.47 Å². The molecule has 0 N–H and O–H groups in total. The normalized spacial score (nSPS) is 11.7. The molecule has 3 aromatic rings. The molecule has 0 radical (unpaired) electrons. The van der Waals surface area contributed by atoms with Crippen molar-refractivity contribution in [2.45, 2.75) is 52.0 Å². The third-order valence-corrected chi connectivity index (χ3v) is 8.40. The van der Waals surface area contributed by atoms with Crippen molar-refractivity contribution in [1.29, 1.82) is 0 Å². The van der Waals surface area contributed by atoms with Gasteiger partial charge in [-0.15, -0.1) is 0 Å². The molecule has 0 spiro atoms. The Morgan fingerprint density at radius 2 is 1.62 bits per heavy atom. The highest BCUT2D eigenvalue weighted by Crippen LogP contribution is 2.28. The van der Waals surface area contributed by atoms with Gasteiger partial charge in [0.05, 0.1) is 32.2 Å². The molecular weight excluding hydrogens is 516 g/mol. The van der Waals surface area contributed by atoms with E-state index in [1.165, 1.54) is 4.31 Å². The molecule has 0 saturated carbocycles. The lowest BCUT2D eigenvalue weighted by Crippen LogP contribution is -2.43. The number of aryl methyl sites for hydroxylation is 2. The number of rotatable bonds is 14. The lowest BCUT2D eigenvalue weighted by atomic mass is 10.1. The lowest BCUT2D eigenvalue weighted by molar-refractivity contribution is -0.132. The number of methoxy groups -OCH3 is 2. The largest absolute Gasteiger partial charge is 0.493 e. The zero-order valence-corrected chi connectivity index (χ0v) is 24.6. The van der Waals surface area contributed by atoms with Crippen LogP contribution in [0.15, 0.2) is 63.9 Å². The van der Waals surface area contributed by atoms with Crippen molar-refractivity contribution in [1.82, 2.24) is 9.21 Å². The molecule has 0 aliphatic carbocycles. The van der Waals surface area contributed by atoms with E-state index in [9.17, 15) is 13.2 Å². The van der Waals surface area contributed by atoms with Gasteiger partial charge in [-0.3, -0.25) is 4.79 Å². The summed E-state index contributed by atoms with van der Waals surface area (Å²) < 4.78 is 45.0. The molecule has 1 heterocycles. The molecule has 0 unspecified atom stereocenters. The van der Waals surface area contributed by atoms with E-state index in [4.69, 9.17) is 13.9 Å². The molecule has 1 amide bonds. The van der Waals surface area contributed by atoms with Gasteiger partial charge in [-0.05, 0) is 74.6 Å². The topological polar surface area (TPSA) is 89.3 Å². The summed E-state index contributed by atoms with van der Waals surface area (Å²) in [4.78, 5) is 15.6. The van der Waals surface area contributed by atoms with Crippen LogP contribution >= 0.6 is 0 Å². The van der Waals surface area contributed by atoms with Gasteiger partial charge in [0.2, 0.25) is 15.9 Å². The first-order valence-corrected chi connectivity index (χ1v) is 14.6. The SMILES string of the molecule is COc1ccc(CCN(Cc2ccc(C)o2)C(=O)CN(CCC(C)C)S(=O)(=O)c2ccc(C)cc2)cc1OC. The van der Waals surface area contributed by atoms with Gasteiger partial charge in [0.25, 0.3) is 0 Å². The molecule has 0 aliphatic heterocycles. The number of hydrogen-bond donors (Lipinski definition) is 0. The molecule has 212 valence electrons. The highest BCUT2D eigenvalue weighted by Gasteiger charge is 2.29. The summed E-state index contributed by atoms with van der Waals surface area (Å²) in [6.07, 6.45) is 1.18. The maximum atomic E-state index is 13.7. The van der Waals surface area contributed by atoms with Crippen LogP contribution in [-0.4, -0.2) is 57.4 Å². The Hall–Kier alpha value is -3.30. The number of nitrogens with zero attached hydrogens (tertiary/aromatic N) is 2. The summed E-state index contributed by atoms with van der Waals surface area (Å²) in [6, 6.07) is 16.1. The first-order valence-electron chi connectivity index (χ1n) is 13.1. The van der Waals surface area contributed by atoms with E-state index in [0.29, 0.717) is 36.6 Å². The summed E-state index contributed by atoms with van der Waals surface area (Å²) >= 11 is 0. The maximum Gasteiger partial charge on any atom is 0.243 e. The van der Waals surface area contributed by atoms with E-state index < -0.39 is 10.0 Å². The minimum atomic E-state index is -3.86. The second-order valence-electron chi connectivity index (χ2n) is 10.1. The second-order valence-corrected chi connectivity index (χ2v) is 12.0. The average molecular weight is 557 g/mol. The number of furan rings is 1. The molecule has 0 fully saturated rings. The fraction of sp³-hybridized carbons (Fsp3) is 0.433. The first kappa shape index (κ1) is 30.2. The van der Waals surface area contributed by atoms with E-state index in [1.54, 1.807) is 43.4 Å². The van der Waals surface area contributed by atoms with Crippen molar-refractivity contribution in [3.05, 3.63) is 77.2 Å². The van der Waals surface area contributed by atoms with Gasteiger partial charge in [-0.25, -0.2) is 8.42 Å². The summed E-state index contributed by atoms with van der Waals surface area (Å²) in [6.45, 7) is 8.43. The standard InChI is InChI=1S/C30H40N2O6S/c1-22(2)15-18-32(39(34,35)27-12-7-23(3)8-13-27)21-30(33)31(20-26-11-9-24(4)38-26)17-16-25-10-14-28(36-5)29(19-25)37-6/h7-14,19,22H,15-18,20-21H2,1-6H3. The molecule has 9 heteroatoms. The summed E-state index contributed by atoms with van der Waals surface area (Å²) in [5.41, 5.74) is 1.93. The van der Waals surface area contributed by atoms with Crippen LogP contribution in [0.4, 0.5) is 0 Å². The van der Waals surface area contributed by atoms with Gasteiger partial charge in [0.15, 0.2) is 11.5 Å². The molecule has 8 nitrogen and oxygen atoms in total. The van der Waals surface area contributed by atoms with E-state index in [1.807, 2.05) is 58.0 Å². The predicted molar refractivity (Wildman–Crippen MR) is 152 cm³/mol. The summed E-state index contributed by atoms with van der Waals surface area (Å²) in [5, 5.41) is 0. The van der Waals surface area contributed by atoms with Crippen LogP contribution in [0.25, 0.3) is 0 Å². The van der Waals surface area contributed by atoms with Gasteiger partial charge in [-0.1, -0.05) is 37.6 Å². The predicted octanol–water partition coefficient (Wildman–Crippen LogP) is 5.22. The third kappa shape index (κ3) is 8.34. The Kier molecular flexibility index (Phi) is 10.6. The number of ether oxygens (including phenoxy) is 2. The van der Waals surface area contributed by atoms with Crippen molar-refractivity contribution in [2.75, 3.05) is 33.9 Å². The number of benzene rings is 2. The van der Waals surface area contributed by atoms with Gasteiger partial charge >= 0.3 is 0 Å². The van der Waals surface area contributed by atoms with Crippen molar-refractivity contribution in [3.8, 4) is 11.5 Å². The van der Waals surface area contributed by atoms with Crippen LogP contribution in [-0.2, 0) is 27.8 Å². The highest BCUT2D eigenvalue weighted by molar-refractivity contribution is 7.89. The Bertz CT molecular complexity index is 1330. The maximum absolute atomic E-state index is 13.7. The van der Waals surface area contributed by atoms with Crippen molar-refractivity contribution in [3.63, 3.8) is 0 Å². The average Bonchev–Trinajstić information content (AvgIpc) is 3.32.